The fourth-order valence-corrected chi connectivity index (χ4v) is 5.56. The third-order valence-corrected chi connectivity index (χ3v) is 7.56. The minimum absolute atomic E-state index is 0.0232. The van der Waals surface area contributed by atoms with Crippen LogP contribution >= 0.6 is 11.6 Å². The Kier molecular flexibility index (Phi) is 6.61. The molecule has 0 spiro atoms. The fourth-order valence-electron chi connectivity index (χ4n) is 5.26. The van der Waals surface area contributed by atoms with E-state index >= 15 is 0 Å². The number of methoxy groups -OCH3 is 1. The topological polar surface area (TPSA) is 75.2 Å². The van der Waals surface area contributed by atoms with Crippen LogP contribution in [0.5, 0.6) is 5.75 Å². The number of carbonyl (C=O) groups excluding carboxylic acids is 2. The highest BCUT2D eigenvalue weighted by Gasteiger charge is 2.42. The number of ether oxygens (including phenoxy) is 2. The van der Waals surface area contributed by atoms with Crippen LogP contribution in [-0.2, 0) is 9.53 Å². The fraction of sp³-hybridized carbons (Fsp3) is 0.423. The van der Waals surface area contributed by atoms with Gasteiger partial charge in [0.2, 0.25) is 5.91 Å². The maximum Gasteiger partial charge on any atom is 0.261 e. The Labute approximate surface area is 214 Å². The zero-order valence-corrected chi connectivity index (χ0v) is 21.0. The molecule has 5 rings (SSSR count). The van der Waals surface area contributed by atoms with Crippen LogP contribution in [0.1, 0.15) is 23.7 Å². The minimum Gasteiger partial charge on any atom is -0.489 e. The predicted octanol–water partition coefficient (Wildman–Crippen LogP) is 3.39. The van der Waals surface area contributed by atoms with E-state index in [1.165, 1.54) is 12.1 Å². The Balaban J connectivity index is 1.65. The maximum atomic E-state index is 14.8. The van der Waals surface area contributed by atoms with Crippen LogP contribution in [0.3, 0.4) is 0 Å². The smallest absolute Gasteiger partial charge is 0.261 e. The van der Waals surface area contributed by atoms with Gasteiger partial charge in [-0.2, -0.15) is 0 Å². The first-order valence-corrected chi connectivity index (χ1v) is 12.3. The number of piperazine rings is 1. The molecule has 2 amide bonds. The SMILES string of the molecule is C=CC(=O)N1CCN2C(=O)c3c(N4CC(OC)C[C@@H]4C)nc(-c4ccccc4F)c(Cl)c3OC[C@H]2C1. The summed E-state index contributed by atoms with van der Waals surface area (Å²) in [6.45, 7) is 7.30. The van der Waals surface area contributed by atoms with Crippen molar-refractivity contribution in [3.8, 4) is 17.0 Å². The lowest BCUT2D eigenvalue weighted by atomic mass is 10.1. The van der Waals surface area contributed by atoms with Gasteiger partial charge in [-0.1, -0.05) is 30.3 Å². The van der Waals surface area contributed by atoms with Crippen molar-refractivity contribution < 1.29 is 23.5 Å². The third-order valence-electron chi connectivity index (χ3n) is 7.21. The third kappa shape index (κ3) is 4.10. The Hall–Kier alpha value is -3.17. The average molecular weight is 515 g/mol. The van der Waals surface area contributed by atoms with Crippen molar-refractivity contribution in [2.24, 2.45) is 0 Å². The van der Waals surface area contributed by atoms with Crippen LogP contribution in [0, 0.1) is 5.82 Å². The number of rotatable bonds is 4. The second kappa shape index (κ2) is 9.71. The summed E-state index contributed by atoms with van der Waals surface area (Å²) in [6, 6.07) is 5.90. The van der Waals surface area contributed by atoms with E-state index < -0.39 is 5.82 Å². The lowest BCUT2D eigenvalue weighted by Gasteiger charge is -2.39. The van der Waals surface area contributed by atoms with E-state index in [1.807, 2.05) is 11.8 Å². The number of anilines is 1. The highest BCUT2D eigenvalue weighted by Crippen LogP contribution is 2.45. The van der Waals surface area contributed by atoms with Crippen LogP contribution < -0.4 is 9.64 Å². The average Bonchev–Trinajstić information content (AvgIpc) is 3.20. The second-order valence-corrected chi connectivity index (χ2v) is 9.71. The van der Waals surface area contributed by atoms with Crippen molar-refractivity contribution in [2.75, 3.05) is 44.8 Å². The number of carbonyl (C=O) groups is 2. The molecule has 3 atom stereocenters. The minimum atomic E-state index is -0.474. The summed E-state index contributed by atoms with van der Waals surface area (Å²) >= 11 is 6.80. The van der Waals surface area contributed by atoms with Gasteiger partial charge in [0.25, 0.3) is 5.91 Å². The predicted molar refractivity (Wildman–Crippen MR) is 134 cm³/mol. The molecule has 2 aromatic rings. The van der Waals surface area contributed by atoms with E-state index in [9.17, 15) is 14.0 Å². The molecule has 4 heterocycles. The summed E-state index contributed by atoms with van der Waals surface area (Å²) < 4.78 is 26.6. The van der Waals surface area contributed by atoms with Gasteiger partial charge in [0.05, 0.1) is 17.8 Å². The number of benzene rings is 1. The Bertz CT molecular complexity index is 1220. The number of halogens is 2. The quantitative estimate of drug-likeness (QED) is 0.582. The molecule has 3 aliphatic rings. The van der Waals surface area contributed by atoms with Crippen LogP contribution in [0.2, 0.25) is 5.02 Å². The number of amides is 2. The first-order chi connectivity index (χ1) is 17.3. The summed E-state index contributed by atoms with van der Waals surface area (Å²) in [6.07, 6.45) is 1.99. The molecule has 1 aromatic heterocycles. The number of pyridine rings is 1. The van der Waals surface area contributed by atoms with Crippen molar-refractivity contribution in [3.63, 3.8) is 0 Å². The van der Waals surface area contributed by atoms with Gasteiger partial charge in [0.1, 0.15) is 28.8 Å². The molecule has 36 heavy (non-hydrogen) atoms. The van der Waals surface area contributed by atoms with Crippen LogP contribution in [-0.4, -0.2) is 84.7 Å². The summed E-state index contributed by atoms with van der Waals surface area (Å²) in [5.41, 5.74) is 0.699. The van der Waals surface area contributed by atoms with Crippen molar-refractivity contribution in [3.05, 3.63) is 53.3 Å². The lowest BCUT2D eigenvalue weighted by molar-refractivity contribution is -0.128. The van der Waals surface area contributed by atoms with Crippen molar-refractivity contribution in [1.82, 2.24) is 14.8 Å². The molecule has 2 fully saturated rings. The van der Waals surface area contributed by atoms with E-state index in [4.69, 9.17) is 26.1 Å². The molecule has 0 radical (unpaired) electrons. The van der Waals surface area contributed by atoms with E-state index in [0.717, 1.165) is 6.42 Å². The van der Waals surface area contributed by atoms with Gasteiger partial charge in [-0.3, -0.25) is 9.59 Å². The molecule has 2 saturated heterocycles. The summed E-state index contributed by atoms with van der Waals surface area (Å²) in [7, 11) is 1.66. The summed E-state index contributed by atoms with van der Waals surface area (Å²) in [5.74, 6) is -0.347. The lowest BCUT2D eigenvalue weighted by Crippen LogP contribution is -2.57. The first-order valence-electron chi connectivity index (χ1n) is 12.0. The van der Waals surface area contributed by atoms with Gasteiger partial charge in [-0.15, -0.1) is 0 Å². The molecule has 0 bridgehead atoms. The van der Waals surface area contributed by atoms with Crippen molar-refractivity contribution in [2.45, 2.75) is 31.5 Å². The Morgan fingerprint density at radius 2 is 2.06 bits per heavy atom. The molecule has 0 saturated carbocycles. The molecule has 10 heteroatoms. The zero-order valence-electron chi connectivity index (χ0n) is 20.2. The molecule has 0 aliphatic carbocycles. The molecule has 1 unspecified atom stereocenters. The standard InChI is InChI=1S/C26H28ClFN4O4/c1-4-20(33)30-9-10-31-16(12-30)14-36-24-21(26(31)34)25(32-13-17(35-3)11-15(32)2)29-23(22(24)27)18-7-5-6-8-19(18)28/h4-8,15-17H,1,9-14H2,2-3H3/t15-,16+,17?/m0/s1. The Morgan fingerprint density at radius 3 is 2.75 bits per heavy atom. The monoisotopic (exact) mass is 514 g/mol. The molecule has 190 valence electrons. The largest absolute Gasteiger partial charge is 0.489 e. The van der Waals surface area contributed by atoms with Crippen LogP contribution in [0.4, 0.5) is 10.2 Å². The highest BCUT2D eigenvalue weighted by atomic mass is 35.5. The molecular weight excluding hydrogens is 487 g/mol. The second-order valence-electron chi connectivity index (χ2n) is 9.33. The van der Waals surface area contributed by atoms with E-state index in [-0.39, 0.29) is 64.2 Å². The van der Waals surface area contributed by atoms with E-state index in [2.05, 4.69) is 6.58 Å². The van der Waals surface area contributed by atoms with Crippen molar-refractivity contribution >= 4 is 29.2 Å². The van der Waals surface area contributed by atoms with Gasteiger partial charge in [0, 0.05) is 44.9 Å². The molecular formula is C26H28ClFN4O4. The normalized spacial score (nSPS) is 23.6. The zero-order chi connectivity index (χ0) is 25.6. The summed E-state index contributed by atoms with van der Waals surface area (Å²) in [5, 5.41) is 0.0845. The van der Waals surface area contributed by atoms with Gasteiger partial charge < -0.3 is 24.2 Å². The molecule has 1 aromatic carbocycles. The molecule has 0 N–H and O–H groups in total. The van der Waals surface area contributed by atoms with Gasteiger partial charge in [-0.05, 0) is 31.6 Å². The number of fused-ring (bicyclic) bond motifs is 2. The number of hydrogen-bond donors (Lipinski definition) is 0. The number of hydrogen-bond acceptors (Lipinski definition) is 6. The molecule has 3 aliphatic heterocycles. The molecule has 8 nitrogen and oxygen atoms in total. The van der Waals surface area contributed by atoms with E-state index in [0.29, 0.717) is 32.0 Å². The van der Waals surface area contributed by atoms with Gasteiger partial charge >= 0.3 is 0 Å². The van der Waals surface area contributed by atoms with Gasteiger partial charge in [0.15, 0.2) is 5.75 Å². The Morgan fingerprint density at radius 1 is 1.28 bits per heavy atom. The first kappa shape index (κ1) is 24.5. The van der Waals surface area contributed by atoms with Crippen LogP contribution in [0.25, 0.3) is 11.3 Å². The van der Waals surface area contributed by atoms with Crippen LogP contribution in [0.15, 0.2) is 36.9 Å². The maximum absolute atomic E-state index is 14.8. The number of nitrogens with zero attached hydrogens (tertiary/aromatic N) is 4. The number of aromatic nitrogens is 1. The van der Waals surface area contributed by atoms with Gasteiger partial charge in [-0.25, -0.2) is 9.37 Å². The summed E-state index contributed by atoms with van der Waals surface area (Å²) in [4.78, 5) is 36.4. The highest BCUT2D eigenvalue weighted by molar-refractivity contribution is 6.35. The van der Waals surface area contributed by atoms with E-state index in [1.54, 1.807) is 35.1 Å². The van der Waals surface area contributed by atoms with Crippen molar-refractivity contribution in [1.29, 1.82) is 0 Å².